The lowest BCUT2D eigenvalue weighted by Crippen LogP contribution is -2.26. The van der Waals surface area contributed by atoms with Gasteiger partial charge in [0, 0.05) is 44.1 Å². The van der Waals surface area contributed by atoms with Crippen LogP contribution in [-0.2, 0) is 26.4 Å². The second kappa shape index (κ2) is 6.32. The van der Waals surface area contributed by atoms with Gasteiger partial charge in [0.2, 0.25) is 0 Å². The van der Waals surface area contributed by atoms with E-state index >= 15 is 0 Å². The van der Waals surface area contributed by atoms with Crippen molar-refractivity contribution in [1.29, 1.82) is 0 Å². The topological polar surface area (TPSA) is 28.4 Å². The molecule has 1 aliphatic heterocycles. The third-order valence-corrected chi connectivity index (χ3v) is 5.50. The zero-order valence-electron chi connectivity index (χ0n) is 15.3. The maximum atomic E-state index is 10.7. The van der Waals surface area contributed by atoms with Gasteiger partial charge in [-0.25, -0.2) is 0 Å². The minimum Gasteiger partial charge on any atom is -0.388 e. The fraction of sp³-hybridized carbons (Fsp3) is 0.364. The van der Waals surface area contributed by atoms with E-state index in [-0.39, 0.29) is 0 Å². The van der Waals surface area contributed by atoms with E-state index < -0.39 is 6.10 Å². The minimum absolute atomic E-state index is 0.471. The third-order valence-electron chi connectivity index (χ3n) is 5.50. The van der Waals surface area contributed by atoms with Crippen molar-refractivity contribution < 1.29 is 5.11 Å². The lowest BCUT2D eigenvalue weighted by atomic mass is 9.96. The second-order valence-electron chi connectivity index (χ2n) is 7.42. The molecule has 2 aromatic carbocycles. The van der Waals surface area contributed by atoms with Gasteiger partial charge in [-0.15, -0.1) is 0 Å². The van der Waals surface area contributed by atoms with Gasteiger partial charge in [0.1, 0.15) is 0 Å². The van der Waals surface area contributed by atoms with Crippen LogP contribution in [0.4, 0.5) is 0 Å². The van der Waals surface area contributed by atoms with Crippen molar-refractivity contribution in [3.05, 3.63) is 70.4 Å². The molecule has 3 heteroatoms. The summed E-state index contributed by atoms with van der Waals surface area (Å²) in [5.41, 5.74) is 7.70. The van der Waals surface area contributed by atoms with E-state index in [1.807, 2.05) is 30.3 Å². The monoisotopic (exact) mass is 334 g/mol. The number of nitrogens with zero attached hydrogens (tertiary/aromatic N) is 2. The summed E-state index contributed by atoms with van der Waals surface area (Å²) in [6.45, 7) is 4.28. The van der Waals surface area contributed by atoms with Gasteiger partial charge in [-0.3, -0.25) is 0 Å². The van der Waals surface area contributed by atoms with Gasteiger partial charge < -0.3 is 14.6 Å². The Bertz CT molecular complexity index is 911. The van der Waals surface area contributed by atoms with Gasteiger partial charge in [-0.1, -0.05) is 42.0 Å². The van der Waals surface area contributed by atoms with Gasteiger partial charge in [0.15, 0.2) is 0 Å². The number of aryl methyl sites for hydroxylation is 2. The first-order chi connectivity index (χ1) is 12.0. The maximum absolute atomic E-state index is 10.7. The summed E-state index contributed by atoms with van der Waals surface area (Å²) in [6, 6.07) is 14.5. The SMILES string of the molecule is Cc1cc(CC(O)c2ccccc2)c2c(c1)c1c(n2C)CCN(C)C1. The number of hydrogen-bond donors (Lipinski definition) is 1. The molecule has 25 heavy (non-hydrogen) atoms. The first-order valence-corrected chi connectivity index (χ1v) is 9.06. The normalized spacial score (nSPS) is 16.2. The fourth-order valence-electron chi connectivity index (χ4n) is 4.27. The smallest absolute Gasteiger partial charge is 0.0831 e. The highest BCUT2D eigenvalue weighted by Crippen LogP contribution is 2.34. The summed E-state index contributed by atoms with van der Waals surface area (Å²) in [5, 5.41) is 12.1. The van der Waals surface area contributed by atoms with E-state index in [4.69, 9.17) is 0 Å². The Labute approximate surface area is 149 Å². The highest BCUT2D eigenvalue weighted by Gasteiger charge is 2.23. The van der Waals surface area contributed by atoms with E-state index in [2.05, 4.69) is 42.6 Å². The van der Waals surface area contributed by atoms with E-state index in [0.29, 0.717) is 6.42 Å². The van der Waals surface area contributed by atoms with Crippen molar-refractivity contribution in [2.75, 3.05) is 13.6 Å². The van der Waals surface area contributed by atoms with Crippen LogP contribution in [0.1, 0.15) is 34.1 Å². The molecule has 0 spiro atoms. The van der Waals surface area contributed by atoms with Crippen LogP contribution in [0.5, 0.6) is 0 Å². The lowest BCUT2D eigenvalue weighted by molar-refractivity contribution is 0.179. The van der Waals surface area contributed by atoms with Crippen molar-refractivity contribution in [1.82, 2.24) is 9.47 Å². The van der Waals surface area contributed by atoms with Crippen molar-refractivity contribution in [2.24, 2.45) is 7.05 Å². The molecule has 0 saturated carbocycles. The molecule has 130 valence electrons. The fourth-order valence-corrected chi connectivity index (χ4v) is 4.27. The number of aromatic nitrogens is 1. The van der Waals surface area contributed by atoms with Gasteiger partial charge in [0.05, 0.1) is 11.6 Å². The van der Waals surface area contributed by atoms with Crippen LogP contribution in [0.25, 0.3) is 10.9 Å². The van der Waals surface area contributed by atoms with Crippen molar-refractivity contribution in [2.45, 2.75) is 32.4 Å². The van der Waals surface area contributed by atoms with Gasteiger partial charge in [-0.2, -0.15) is 0 Å². The molecule has 0 saturated heterocycles. The Morgan fingerprint density at radius 1 is 1.12 bits per heavy atom. The number of rotatable bonds is 3. The number of aliphatic hydroxyl groups is 1. The Hall–Kier alpha value is -2.10. The molecule has 1 N–H and O–H groups in total. The largest absolute Gasteiger partial charge is 0.388 e. The summed E-state index contributed by atoms with van der Waals surface area (Å²) in [5.74, 6) is 0. The number of likely N-dealkylation sites (N-methyl/N-ethyl adjacent to an activating group) is 1. The quantitative estimate of drug-likeness (QED) is 0.790. The summed E-state index contributed by atoms with van der Waals surface area (Å²) in [6.07, 6.45) is 1.27. The van der Waals surface area contributed by atoms with Crippen LogP contribution in [0.3, 0.4) is 0 Å². The third kappa shape index (κ3) is 2.88. The van der Waals surface area contributed by atoms with Gasteiger partial charge >= 0.3 is 0 Å². The Morgan fingerprint density at radius 3 is 2.64 bits per heavy atom. The number of benzene rings is 2. The number of fused-ring (bicyclic) bond motifs is 3. The second-order valence-corrected chi connectivity index (χ2v) is 7.42. The molecule has 0 radical (unpaired) electrons. The predicted molar refractivity (Wildman–Crippen MR) is 103 cm³/mol. The van der Waals surface area contributed by atoms with Crippen molar-refractivity contribution >= 4 is 10.9 Å². The van der Waals surface area contributed by atoms with Crippen LogP contribution < -0.4 is 0 Å². The summed E-state index contributed by atoms with van der Waals surface area (Å²) in [4.78, 5) is 2.39. The van der Waals surface area contributed by atoms with Crippen molar-refractivity contribution in [3.8, 4) is 0 Å². The van der Waals surface area contributed by atoms with E-state index in [1.54, 1.807) is 0 Å². The molecule has 4 rings (SSSR count). The highest BCUT2D eigenvalue weighted by molar-refractivity contribution is 5.89. The zero-order valence-corrected chi connectivity index (χ0v) is 15.3. The summed E-state index contributed by atoms with van der Waals surface area (Å²) < 4.78 is 2.37. The molecule has 1 atom stereocenters. The Balaban J connectivity index is 1.82. The van der Waals surface area contributed by atoms with Gasteiger partial charge in [-0.05, 0) is 36.7 Å². The predicted octanol–water partition coefficient (Wildman–Crippen LogP) is 3.75. The summed E-state index contributed by atoms with van der Waals surface area (Å²) >= 11 is 0. The van der Waals surface area contributed by atoms with E-state index in [1.165, 1.54) is 33.3 Å². The molecule has 3 aromatic rings. The molecule has 0 aliphatic carbocycles. The van der Waals surface area contributed by atoms with Crippen LogP contribution in [0.15, 0.2) is 42.5 Å². The van der Waals surface area contributed by atoms with Crippen LogP contribution >= 0.6 is 0 Å². The first-order valence-electron chi connectivity index (χ1n) is 9.06. The molecular weight excluding hydrogens is 308 g/mol. The molecule has 1 unspecified atom stereocenters. The Kier molecular flexibility index (Phi) is 4.14. The molecule has 2 heterocycles. The minimum atomic E-state index is -0.471. The standard InChI is InChI=1S/C22H26N2O/c1-15-11-17(13-21(25)16-7-5-4-6-8-16)22-18(12-15)19-14-23(2)10-9-20(19)24(22)3/h4-8,11-12,21,25H,9-10,13-14H2,1-3H3. The number of hydrogen-bond acceptors (Lipinski definition) is 2. The summed E-state index contributed by atoms with van der Waals surface area (Å²) in [7, 11) is 4.37. The Morgan fingerprint density at radius 2 is 1.88 bits per heavy atom. The molecule has 0 fully saturated rings. The average molecular weight is 334 g/mol. The molecular formula is C22H26N2O. The first kappa shape index (κ1) is 16.4. The van der Waals surface area contributed by atoms with E-state index in [0.717, 1.165) is 25.1 Å². The molecule has 1 aromatic heterocycles. The van der Waals surface area contributed by atoms with Crippen LogP contribution in [0.2, 0.25) is 0 Å². The molecule has 1 aliphatic rings. The molecule has 3 nitrogen and oxygen atoms in total. The maximum Gasteiger partial charge on any atom is 0.0831 e. The van der Waals surface area contributed by atoms with Crippen molar-refractivity contribution in [3.63, 3.8) is 0 Å². The van der Waals surface area contributed by atoms with Gasteiger partial charge in [0.25, 0.3) is 0 Å². The molecule has 0 amide bonds. The zero-order chi connectivity index (χ0) is 17.6. The van der Waals surface area contributed by atoms with Crippen LogP contribution in [-0.4, -0.2) is 28.2 Å². The highest BCUT2D eigenvalue weighted by atomic mass is 16.3. The molecule has 0 bridgehead atoms. The van der Waals surface area contributed by atoms with Crippen LogP contribution in [0, 0.1) is 6.92 Å². The van der Waals surface area contributed by atoms with E-state index in [9.17, 15) is 5.11 Å². The average Bonchev–Trinajstić information content (AvgIpc) is 2.87. The lowest BCUT2D eigenvalue weighted by Gasteiger charge is -2.23. The number of aliphatic hydroxyl groups excluding tert-OH is 1.